The number of nitrogens with one attached hydrogen (secondary N) is 1. The van der Waals surface area contributed by atoms with Gasteiger partial charge in [0.05, 0.1) is 6.54 Å². The lowest BCUT2D eigenvalue weighted by molar-refractivity contribution is -0.128. The molecule has 1 N–H and O–H groups in total. The predicted molar refractivity (Wildman–Crippen MR) is 107 cm³/mol. The largest absolute Gasteiger partial charge is 0.481 e. The van der Waals surface area contributed by atoms with Gasteiger partial charge in [-0.25, -0.2) is 0 Å². The highest BCUT2D eigenvalue weighted by atomic mass is 35.5. The molecule has 1 amide bonds. The van der Waals surface area contributed by atoms with Gasteiger partial charge in [-0.1, -0.05) is 35.3 Å². The second kappa shape index (κ2) is 9.08. The van der Waals surface area contributed by atoms with Crippen LogP contribution in [0.25, 0.3) is 11.4 Å². The van der Waals surface area contributed by atoms with Crippen LogP contribution in [0.15, 0.2) is 47.0 Å². The second-order valence-electron chi connectivity index (χ2n) is 6.16. The van der Waals surface area contributed by atoms with Crippen LogP contribution in [0, 0.1) is 6.92 Å². The monoisotopic (exact) mass is 419 g/mol. The fourth-order valence-electron chi connectivity index (χ4n) is 2.50. The Morgan fingerprint density at radius 2 is 1.96 bits per heavy atom. The highest BCUT2D eigenvalue weighted by Gasteiger charge is 2.19. The number of carbonyl (C=O) groups excluding carboxylic acids is 1. The second-order valence-corrected chi connectivity index (χ2v) is 7.01. The average molecular weight is 420 g/mol. The molecule has 0 aliphatic carbocycles. The molecule has 0 saturated carbocycles. The van der Waals surface area contributed by atoms with Crippen molar-refractivity contribution in [2.45, 2.75) is 32.9 Å². The van der Waals surface area contributed by atoms with E-state index in [-0.39, 0.29) is 12.5 Å². The number of halogens is 2. The van der Waals surface area contributed by atoms with Gasteiger partial charge in [0, 0.05) is 15.6 Å². The van der Waals surface area contributed by atoms with Gasteiger partial charge in [0.2, 0.25) is 11.7 Å². The van der Waals surface area contributed by atoms with E-state index >= 15 is 0 Å². The average Bonchev–Trinajstić information content (AvgIpc) is 3.16. The molecule has 146 valence electrons. The molecule has 1 atom stereocenters. The van der Waals surface area contributed by atoms with E-state index < -0.39 is 6.10 Å². The number of rotatable bonds is 7. The predicted octanol–water partition coefficient (Wildman–Crippen LogP) is 4.83. The summed E-state index contributed by atoms with van der Waals surface area (Å²) >= 11 is 11.9. The van der Waals surface area contributed by atoms with Crippen LogP contribution in [0.4, 0.5) is 0 Å². The summed E-state index contributed by atoms with van der Waals surface area (Å²) in [4.78, 5) is 16.7. The van der Waals surface area contributed by atoms with Crippen molar-refractivity contribution in [1.82, 2.24) is 15.5 Å². The number of carbonyl (C=O) groups is 1. The number of amides is 1. The van der Waals surface area contributed by atoms with Gasteiger partial charge in [-0.2, -0.15) is 4.98 Å². The topological polar surface area (TPSA) is 77.2 Å². The van der Waals surface area contributed by atoms with Gasteiger partial charge in [0.1, 0.15) is 5.75 Å². The minimum Gasteiger partial charge on any atom is -0.481 e. The van der Waals surface area contributed by atoms with Gasteiger partial charge in [-0.15, -0.1) is 0 Å². The standard InChI is InChI=1S/C20H19Cl2N3O3/c1-3-17(27-15-8-9-16(22)12(2)10-15)20(26)23-11-18-24-19(25-28-18)13-4-6-14(21)7-5-13/h4-10,17H,3,11H2,1-2H3,(H,23,26)/t17-/m1/s1. The molecule has 3 aromatic rings. The van der Waals surface area contributed by atoms with E-state index in [0.29, 0.717) is 33.9 Å². The Labute approximate surface area is 172 Å². The van der Waals surface area contributed by atoms with Crippen molar-refractivity contribution < 1.29 is 14.1 Å². The summed E-state index contributed by atoms with van der Waals surface area (Å²) in [5.74, 6) is 1.06. The van der Waals surface area contributed by atoms with Crippen LogP contribution >= 0.6 is 23.2 Å². The minimum atomic E-state index is -0.640. The van der Waals surface area contributed by atoms with Gasteiger partial charge < -0.3 is 14.6 Å². The lowest BCUT2D eigenvalue weighted by Gasteiger charge is -2.17. The quantitative estimate of drug-likeness (QED) is 0.593. The number of hydrogen-bond donors (Lipinski definition) is 1. The van der Waals surface area contributed by atoms with Crippen LogP contribution in [0.1, 0.15) is 24.8 Å². The molecule has 0 aliphatic rings. The Balaban J connectivity index is 1.59. The molecule has 0 spiro atoms. The highest BCUT2D eigenvalue weighted by Crippen LogP contribution is 2.22. The first-order valence-electron chi connectivity index (χ1n) is 8.75. The van der Waals surface area contributed by atoms with Crippen LogP contribution in [-0.4, -0.2) is 22.2 Å². The van der Waals surface area contributed by atoms with E-state index in [1.54, 1.807) is 42.5 Å². The molecule has 0 aliphatic heterocycles. The summed E-state index contributed by atoms with van der Waals surface area (Å²) in [5, 5.41) is 7.96. The molecule has 28 heavy (non-hydrogen) atoms. The fraction of sp³-hybridized carbons (Fsp3) is 0.250. The molecule has 1 aromatic heterocycles. The Morgan fingerprint density at radius 1 is 1.21 bits per heavy atom. The molecule has 6 nitrogen and oxygen atoms in total. The first kappa shape index (κ1) is 20.2. The SMILES string of the molecule is CC[C@@H](Oc1ccc(Cl)c(C)c1)C(=O)NCc1nc(-c2ccc(Cl)cc2)no1. The van der Waals surface area contributed by atoms with E-state index in [4.69, 9.17) is 32.5 Å². The van der Waals surface area contributed by atoms with Gasteiger partial charge in [-0.3, -0.25) is 4.79 Å². The summed E-state index contributed by atoms with van der Waals surface area (Å²) in [6, 6.07) is 12.4. The van der Waals surface area contributed by atoms with Crippen LogP contribution in [0.3, 0.4) is 0 Å². The number of ether oxygens (including phenoxy) is 1. The minimum absolute atomic E-state index is 0.110. The fourth-order valence-corrected chi connectivity index (χ4v) is 2.74. The zero-order valence-electron chi connectivity index (χ0n) is 15.4. The first-order valence-corrected chi connectivity index (χ1v) is 9.51. The highest BCUT2D eigenvalue weighted by molar-refractivity contribution is 6.31. The maximum absolute atomic E-state index is 12.5. The lowest BCUT2D eigenvalue weighted by atomic mass is 10.2. The number of hydrogen-bond acceptors (Lipinski definition) is 5. The molecule has 8 heteroatoms. The summed E-state index contributed by atoms with van der Waals surface area (Å²) in [6.07, 6.45) is -0.132. The Morgan fingerprint density at radius 3 is 2.64 bits per heavy atom. The maximum atomic E-state index is 12.5. The molecule has 0 bridgehead atoms. The van der Waals surface area contributed by atoms with Crippen molar-refractivity contribution in [3.63, 3.8) is 0 Å². The number of benzene rings is 2. The van der Waals surface area contributed by atoms with Crippen LogP contribution in [-0.2, 0) is 11.3 Å². The number of aryl methyl sites for hydroxylation is 1. The molecule has 0 radical (unpaired) electrons. The van der Waals surface area contributed by atoms with Crippen molar-refractivity contribution in [3.05, 3.63) is 64.0 Å². The Bertz CT molecular complexity index is 958. The third-order valence-corrected chi connectivity index (χ3v) is 4.73. The maximum Gasteiger partial charge on any atom is 0.261 e. The number of aromatic nitrogens is 2. The molecular formula is C20H19Cl2N3O3. The smallest absolute Gasteiger partial charge is 0.261 e. The summed E-state index contributed by atoms with van der Waals surface area (Å²) in [7, 11) is 0. The van der Waals surface area contributed by atoms with E-state index in [1.807, 2.05) is 13.8 Å². The van der Waals surface area contributed by atoms with Crippen LogP contribution < -0.4 is 10.1 Å². The zero-order valence-corrected chi connectivity index (χ0v) is 16.9. The van der Waals surface area contributed by atoms with E-state index in [9.17, 15) is 4.79 Å². The summed E-state index contributed by atoms with van der Waals surface area (Å²) in [6.45, 7) is 3.86. The van der Waals surface area contributed by atoms with Crippen molar-refractivity contribution in [1.29, 1.82) is 0 Å². The van der Waals surface area contributed by atoms with Crippen molar-refractivity contribution in [3.8, 4) is 17.1 Å². The molecule has 0 unspecified atom stereocenters. The summed E-state index contributed by atoms with van der Waals surface area (Å²) in [5.41, 5.74) is 1.66. The van der Waals surface area contributed by atoms with Crippen molar-refractivity contribution in [2.75, 3.05) is 0 Å². The molecule has 3 rings (SSSR count). The van der Waals surface area contributed by atoms with Gasteiger partial charge in [0.15, 0.2) is 6.10 Å². The third-order valence-electron chi connectivity index (χ3n) is 4.06. The van der Waals surface area contributed by atoms with E-state index in [0.717, 1.165) is 11.1 Å². The van der Waals surface area contributed by atoms with Crippen LogP contribution in [0.2, 0.25) is 10.0 Å². The van der Waals surface area contributed by atoms with Crippen molar-refractivity contribution in [2.24, 2.45) is 0 Å². The first-order chi connectivity index (χ1) is 13.5. The Hall–Kier alpha value is -2.57. The molecule has 1 heterocycles. The third kappa shape index (κ3) is 5.03. The summed E-state index contributed by atoms with van der Waals surface area (Å²) < 4.78 is 11.0. The Kier molecular flexibility index (Phi) is 6.54. The van der Waals surface area contributed by atoms with Gasteiger partial charge >= 0.3 is 0 Å². The molecule has 0 saturated heterocycles. The lowest BCUT2D eigenvalue weighted by Crippen LogP contribution is -2.37. The van der Waals surface area contributed by atoms with E-state index in [2.05, 4.69) is 15.5 Å². The van der Waals surface area contributed by atoms with Gasteiger partial charge in [0.25, 0.3) is 5.91 Å². The van der Waals surface area contributed by atoms with Gasteiger partial charge in [-0.05, 0) is 61.4 Å². The van der Waals surface area contributed by atoms with Crippen LogP contribution in [0.5, 0.6) is 5.75 Å². The van der Waals surface area contributed by atoms with Crippen molar-refractivity contribution >= 4 is 29.1 Å². The molecule has 2 aromatic carbocycles. The molecule has 0 fully saturated rings. The number of nitrogens with zero attached hydrogens (tertiary/aromatic N) is 2. The molecular weight excluding hydrogens is 401 g/mol. The normalized spacial score (nSPS) is 11.9. The zero-order chi connectivity index (χ0) is 20.1. The van der Waals surface area contributed by atoms with E-state index in [1.165, 1.54) is 0 Å².